The zero-order valence-corrected chi connectivity index (χ0v) is 6.24. The number of nitrogens with zero attached hydrogens (tertiary/aromatic N) is 1. The molecule has 2 aromatic rings. The largest absolute Gasteiger partial charge is 0.361 e. The van der Waals surface area contributed by atoms with Crippen LogP contribution in [0.5, 0.6) is 0 Å². The van der Waals surface area contributed by atoms with E-state index in [1.807, 2.05) is 0 Å². The van der Waals surface area contributed by atoms with Gasteiger partial charge in [-0.1, -0.05) is 0 Å². The van der Waals surface area contributed by atoms with Gasteiger partial charge in [0.1, 0.15) is 0 Å². The van der Waals surface area contributed by atoms with Gasteiger partial charge in [-0.05, 0) is 0 Å². The lowest BCUT2D eigenvalue weighted by atomic mass is 10.2. The highest BCUT2D eigenvalue weighted by molar-refractivity contribution is 5.55. The maximum Gasteiger partial charge on any atom is 0.182 e. The monoisotopic (exact) mass is 161 g/mol. The van der Waals surface area contributed by atoms with Crippen molar-refractivity contribution in [2.75, 3.05) is 0 Å². The van der Waals surface area contributed by atoms with Gasteiger partial charge in [0, 0.05) is 30.1 Å². The molecule has 12 heavy (non-hydrogen) atoms. The van der Waals surface area contributed by atoms with E-state index in [9.17, 15) is 4.79 Å². The Morgan fingerprint density at radius 1 is 1.42 bits per heavy atom. The van der Waals surface area contributed by atoms with Crippen LogP contribution in [0.25, 0.3) is 11.3 Å². The first-order valence-electron chi connectivity index (χ1n) is 3.54. The first kappa shape index (κ1) is 6.84. The van der Waals surface area contributed by atoms with Crippen LogP contribution in [-0.4, -0.2) is 15.2 Å². The third-order valence-corrected chi connectivity index (χ3v) is 1.58. The molecule has 2 heterocycles. The van der Waals surface area contributed by atoms with E-state index >= 15 is 0 Å². The second-order valence-corrected chi connectivity index (χ2v) is 2.43. The van der Waals surface area contributed by atoms with E-state index in [4.69, 9.17) is 0 Å². The minimum absolute atomic E-state index is 0.00931. The topological polar surface area (TPSA) is 61.5 Å². The second kappa shape index (κ2) is 2.65. The molecule has 0 saturated heterocycles. The molecule has 0 bridgehead atoms. The van der Waals surface area contributed by atoms with E-state index in [1.54, 1.807) is 18.6 Å². The summed E-state index contributed by atoms with van der Waals surface area (Å²) in [7, 11) is 0. The predicted molar refractivity (Wildman–Crippen MR) is 44.6 cm³/mol. The highest BCUT2D eigenvalue weighted by Gasteiger charge is 1.97. The number of hydrogen-bond acceptors (Lipinski definition) is 2. The van der Waals surface area contributed by atoms with Crippen molar-refractivity contribution in [3.8, 4) is 11.3 Å². The molecule has 0 aliphatic carbocycles. The summed E-state index contributed by atoms with van der Waals surface area (Å²) in [6.07, 6.45) is 5.00. The van der Waals surface area contributed by atoms with Crippen molar-refractivity contribution in [1.29, 1.82) is 0 Å². The summed E-state index contributed by atoms with van der Waals surface area (Å²) in [6.45, 7) is 0. The summed E-state index contributed by atoms with van der Waals surface area (Å²) in [5.74, 6) is 0. The Labute approximate surface area is 68.3 Å². The van der Waals surface area contributed by atoms with Crippen LogP contribution in [0.3, 0.4) is 0 Å². The Bertz CT molecular complexity index is 416. The molecule has 0 aliphatic heterocycles. The van der Waals surface area contributed by atoms with Gasteiger partial charge in [-0.2, -0.15) is 5.10 Å². The van der Waals surface area contributed by atoms with Crippen LogP contribution >= 0.6 is 0 Å². The van der Waals surface area contributed by atoms with Gasteiger partial charge in [0.25, 0.3) is 0 Å². The molecular weight excluding hydrogens is 154 g/mol. The third kappa shape index (κ3) is 1.14. The minimum atomic E-state index is -0.00931. The van der Waals surface area contributed by atoms with Crippen LogP contribution in [0, 0.1) is 0 Å². The Morgan fingerprint density at radius 2 is 2.33 bits per heavy atom. The quantitative estimate of drug-likeness (QED) is 0.648. The van der Waals surface area contributed by atoms with Crippen LogP contribution in [0.2, 0.25) is 0 Å². The second-order valence-electron chi connectivity index (χ2n) is 2.43. The molecule has 0 aliphatic rings. The fourth-order valence-electron chi connectivity index (χ4n) is 1.01. The number of aromatic nitrogens is 3. The summed E-state index contributed by atoms with van der Waals surface area (Å²) in [6, 6.07) is 3.01. The van der Waals surface area contributed by atoms with Crippen molar-refractivity contribution < 1.29 is 0 Å². The molecule has 0 radical (unpaired) electrons. The first-order valence-corrected chi connectivity index (χ1v) is 3.54. The van der Waals surface area contributed by atoms with Gasteiger partial charge < -0.3 is 4.98 Å². The number of rotatable bonds is 1. The normalized spacial score (nSPS) is 10.0. The van der Waals surface area contributed by atoms with Crippen molar-refractivity contribution in [1.82, 2.24) is 15.2 Å². The van der Waals surface area contributed by atoms with Gasteiger partial charge in [0.2, 0.25) is 0 Å². The zero-order chi connectivity index (χ0) is 8.39. The molecule has 2 rings (SSSR count). The van der Waals surface area contributed by atoms with Gasteiger partial charge in [0.05, 0.1) is 11.9 Å². The number of hydrogen-bond donors (Lipinski definition) is 2. The lowest BCUT2D eigenvalue weighted by Gasteiger charge is -1.93. The van der Waals surface area contributed by atoms with E-state index in [-0.39, 0.29) is 5.43 Å². The number of aromatic amines is 2. The zero-order valence-electron chi connectivity index (χ0n) is 6.24. The van der Waals surface area contributed by atoms with Gasteiger partial charge in [0.15, 0.2) is 5.43 Å². The molecule has 0 atom stereocenters. The molecule has 0 spiro atoms. The lowest BCUT2D eigenvalue weighted by Crippen LogP contribution is -1.97. The Morgan fingerprint density at radius 3 is 3.00 bits per heavy atom. The van der Waals surface area contributed by atoms with Crippen LogP contribution in [0.15, 0.2) is 35.5 Å². The molecule has 4 nitrogen and oxygen atoms in total. The molecule has 2 aromatic heterocycles. The molecule has 0 fully saturated rings. The molecule has 0 saturated carbocycles. The molecule has 0 aromatic carbocycles. The summed E-state index contributed by atoms with van der Waals surface area (Å²) in [4.78, 5) is 13.9. The van der Waals surface area contributed by atoms with Crippen molar-refractivity contribution >= 4 is 0 Å². The highest BCUT2D eigenvalue weighted by atomic mass is 16.1. The predicted octanol–water partition coefficient (Wildman–Crippen LogP) is 0.765. The average molecular weight is 161 g/mol. The molecule has 60 valence electrons. The van der Waals surface area contributed by atoms with E-state index in [2.05, 4.69) is 15.2 Å². The molecule has 0 amide bonds. The third-order valence-electron chi connectivity index (χ3n) is 1.58. The first-order chi connectivity index (χ1) is 5.86. The summed E-state index contributed by atoms with van der Waals surface area (Å²) in [5, 5.41) is 6.46. The average Bonchev–Trinajstić information content (AvgIpc) is 2.56. The van der Waals surface area contributed by atoms with E-state index < -0.39 is 0 Å². The van der Waals surface area contributed by atoms with Crippen molar-refractivity contribution in [3.05, 3.63) is 40.9 Å². The minimum Gasteiger partial charge on any atom is -0.361 e. The van der Waals surface area contributed by atoms with Crippen LogP contribution in [-0.2, 0) is 0 Å². The van der Waals surface area contributed by atoms with Crippen LogP contribution in [0.4, 0.5) is 0 Å². The number of pyridine rings is 1. The van der Waals surface area contributed by atoms with E-state index in [0.717, 1.165) is 11.3 Å². The Balaban J connectivity index is 2.55. The van der Waals surface area contributed by atoms with Crippen molar-refractivity contribution in [2.45, 2.75) is 0 Å². The molecule has 0 unspecified atom stereocenters. The summed E-state index contributed by atoms with van der Waals surface area (Å²) in [5.41, 5.74) is 1.65. The number of H-pyrrole nitrogens is 2. The Hall–Kier alpha value is -1.84. The maximum absolute atomic E-state index is 10.9. The highest BCUT2D eigenvalue weighted by Crippen LogP contribution is 2.10. The molecule has 2 N–H and O–H groups in total. The van der Waals surface area contributed by atoms with Crippen molar-refractivity contribution in [3.63, 3.8) is 0 Å². The van der Waals surface area contributed by atoms with Gasteiger partial charge in [-0.25, -0.2) is 0 Å². The SMILES string of the molecule is O=c1cc[nH]c(-c2cn[nH]c2)c1. The number of nitrogens with one attached hydrogen (secondary N) is 2. The molecule has 4 heteroatoms. The Kier molecular flexibility index (Phi) is 1.51. The maximum atomic E-state index is 10.9. The molecular formula is C8H7N3O. The smallest absolute Gasteiger partial charge is 0.182 e. The van der Waals surface area contributed by atoms with Crippen molar-refractivity contribution in [2.24, 2.45) is 0 Å². The lowest BCUT2D eigenvalue weighted by molar-refractivity contribution is 1.09. The fourth-order valence-corrected chi connectivity index (χ4v) is 1.01. The summed E-state index contributed by atoms with van der Waals surface area (Å²) < 4.78 is 0. The van der Waals surface area contributed by atoms with E-state index in [1.165, 1.54) is 12.1 Å². The van der Waals surface area contributed by atoms with Gasteiger partial charge in [-0.3, -0.25) is 9.89 Å². The van der Waals surface area contributed by atoms with Gasteiger partial charge >= 0.3 is 0 Å². The van der Waals surface area contributed by atoms with Gasteiger partial charge in [-0.15, -0.1) is 0 Å². The summed E-state index contributed by atoms with van der Waals surface area (Å²) >= 11 is 0. The van der Waals surface area contributed by atoms with Crippen LogP contribution in [0.1, 0.15) is 0 Å². The van der Waals surface area contributed by atoms with Crippen LogP contribution < -0.4 is 5.43 Å². The standard InChI is InChI=1S/C8H7N3O/c12-7-1-2-9-8(3-7)6-4-10-11-5-6/h1-5H,(H,9,12)(H,10,11). The fraction of sp³-hybridized carbons (Fsp3) is 0. The van der Waals surface area contributed by atoms with E-state index in [0.29, 0.717) is 0 Å².